The van der Waals surface area contributed by atoms with E-state index in [0.29, 0.717) is 0 Å². The molecule has 5 heteroatoms. The predicted molar refractivity (Wildman–Crippen MR) is 102 cm³/mol. The van der Waals surface area contributed by atoms with Gasteiger partial charge in [0.2, 0.25) is 5.95 Å². The summed E-state index contributed by atoms with van der Waals surface area (Å²) < 4.78 is 2.26. The number of anilines is 1. The summed E-state index contributed by atoms with van der Waals surface area (Å²) in [5.74, 6) is 0.954. The second-order valence-corrected chi connectivity index (χ2v) is 7.08. The van der Waals surface area contributed by atoms with E-state index in [1.165, 1.54) is 12.0 Å². The Labute approximate surface area is 152 Å². The number of imidazole rings is 1. The number of fused-ring (bicyclic) bond motifs is 1. The first-order valence-corrected chi connectivity index (χ1v) is 9.21. The summed E-state index contributed by atoms with van der Waals surface area (Å²) >= 11 is 6.02. The number of rotatable bonds is 4. The highest BCUT2D eigenvalue weighted by molar-refractivity contribution is 6.30. The van der Waals surface area contributed by atoms with Gasteiger partial charge in [0.05, 0.1) is 30.2 Å². The first kappa shape index (κ1) is 16.4. The number of piperidine rings is 1. The van der Waals surface area contributed by atoms with Crippen molar-refractivity contribution in [3.63, 3.8) is 0 Å². The van der Waals surface area contributed by atoms with Crippen LogP contribution in [-0.4, -0.2) is 33.9 Å². The molecule has 2 aromatic carbocycles. The standard InChI is InChI=1S/C20H22ClN3O/c21-16-10-8-15(9-11-16)13-24-19-7-2-1-6-18(19)22-20(24)23-12-4-3-5-17(23)14-25/h1-2,6-11,17,25H,3-5,12-14H2/t17-/m0/s1. The van der Waals surface area contributed by atoms with E-state index < -0.39 is 0 Å². The van der Waals surface area contributed by atoms with Crippen LogP contribution in [0, 0.1) is 0 Å². The van der Waals surface area contributed by atoms with Crippen molar-refractivity contribution in [3.05, 3.63) is 59.1 Å². The molecule has 1 saturated heterocycles. The molecule has 4 rings (SSSR count). The molecule has 1 aliphatic heterocycles. The molecule has 0 saturated carbocycles. The van der Waals surface area contributed by atoms with Crippen LogP contribution >= 0.6 is 11.6 Å². The fraction of sp³-hybridized carbons (Fsp3) is 0.350. The maximum Gasteiger partial charge on any atom is 0.207 e. The van der Waals surface area contributed by atoms with Gasteiger partial charge < -0.3 is 14.6 Å². The second kappa shape index (κ2) is 7.06. The van der Waals surface area contributed by atoms with Crippen molar-refractivity contribution in [2.45, 2.75) is 31.8 Å². The third kappa shape index (κ3) is 3.24. The van der Waals surface area contributed by atoms with Gasteiger partial charge in [-0.3, -0.25) is 0 Å². The predicted octanol–water partition coefficient (Wildman–Crippen LogP) is 4.09. The van der Waals surface area contributed by atoms with Gasteiger partial charge in [-0.05, 0) is 49.1 Å². The normalized spacial score (nSPS) is 18.0. The number of aromatic nitrogens is 2. The second-order valence-electron chi connectivity index (χ2n) is 6.64. The molecular formula is C20H22ClN3O. The molecule has 4 nitrogen and oxygen atoms in total. The van der Waals surface area contributed by atoms with E-state index in [1.807, 2.05) is 24.3 Å². The van der Waals surface area contributed by atoms with Gasteiger partial charge in [0.15, 0.2) is 0 Å². The first-order chi connectivity index (χ1) is 12.3. The smallest absolute Gasteiger partial charge is 0.207 e. The molecule has 1 fully saturated rings. The molecule has 0 amide bonds. The van der Waals surface area contributed by atoms with Crippen molar-refractivity contribution in [1.29, 1.82) is 0 Å². The van der Waals surface area contributed by atoms with Gasteiger partial charge in [0.25, 0.3) is 0 Å². The summed E-state index contributed by atoms with van der Waals surface area (Å²) in [4.78, 5) is 7.18. The first-order valence-electron chi connectivity index (χ1n) is 8.83. The molecule has 0 unspecified atom stereocenters. The fourth-order valence-electron chi connectivity index (χ4n) is 3.66. The van der Waals surface area contributed by atoms with E-state index in [9.17, 15) is 5.11 Å². The number of aliphatic hydroxyl groups excluding tert-OH is 1. The van der Waals surface area contributed by atoms with E-state index in [1.54, 1.807) is 0 Å². The topological polar surface area (TPSA) is 41.3 Å². The number of hydrogen-bond donors (Lipinski definition) is 1. The largest absolute Gasteiger partial charge is 0.394 e. The molecule has 0 radical (unpaired) electrons. The number of aliphatic hydroxyl groups is 1. The minimum absolute atomic E-state index is 0.148. The van der Waals surface area contributed by atoms with Crippen LogP contribution < -0.4 is 4.90 Å². The molecule has 3 aromatic rings. The highest BCUT2D eigenvalue weighted by atomic mass is 35.5. The van der Waals surface area contributed by atoms with E-state index >= 15 is 0 Å². The molecule has 1 N–H and O–H groups in total. The number of para-hydroxylation sites is 2. The molecule has 0 aliphatic carbocycles. The lowest BCUT2D eigenvalue weighted by molar-refractivity contribution is 0.238. The molecular weight excluding hydrogens is 334 g/mol. The molecule has 25 heavy (non-hydrogen) atoms. The van der Waals surface area contributed by atoms with E-state index in [-0.39, 0.29) is 12.6 Å². The van der Waals surface area contributed by atoms with Crippen molar-refractivity contribution in [3.8, 4) is 0 Å². The maximum atomic E-state index is 9.82. The summed E-state index contributed by atoms with van der Waals surface area (Å²) in [6.45, 7) is 1.85. The zero-order valence-electron chi connectivity index (χ0n) is 14.1. The van der Waals surface area contributed by atoms with Crippen LogP contribution in [-0.2, 0) is 6.54 Å². The summed E-state index contributed by atoms with van der Waals surface area (Å²) in [5, 5.41) is 10.6. The van der Waals surface area contributed by atoms with Crippen molar-refractivity contribution in [1.82, 2.24) is 9.55 Å². The van der Waals surface area contributed by atoms with Gasteiger partial charge in [-0.25, -0.2) is 4.98 Å². The Balaban J connectivity index is 1.78. The highest BCUT2D eigenvalue weighted by Crippen LogP contribution is 2.29. The molecule has 1 atom stereocenters. The molecule has 2 heterocycles. The van der Waals surface area contributed by atoms with Crippen LogP contribution in [0.15, 0.2) is 48.5 Å². The molecule has 1 aromatic heterocycles. The molecule has 0 bridgehead atoms. The highest BCUT2D eigenvalue weighted by Gasteiger charge is 2.26. The number of halogens is 1. The van der Waals surface area contributed by atoms with Crippen LogP contribution in [0.5, 0.6) is 0 Å². The Morgan fingerprint density at radius 2 is 1.88 bits per heavy atom. The van der Waals surface area contributed by atoms with Gasteiger partial charge in [-0.15, -0.1) is 0 Å². The monoisotopic (exact) mass is 355 g/mol. The quantitative estimate of drug-likeness (QED) is 0.766. The third-order valence-electron chi connectivity index (χ3n) is 4.98. The molecule has 130 valence electrons. The zero-order chi connectivity index (χ0) is 17.2. The summed E-state index contributed by atoms with van der Waals surface area (Å²) in [5.41, 5.74) is 3.30. The SMILES string of the molecule is OC[C@@H]1CCCCN1c1nc2ccccc2n1Cc1ccc(Cl)cc1. The number of benzene rings is 2. The van der Waals surface area contributed by atoms with Gasteiger partial charge in [0, 0.05) is 11.6 Å². The Morgan fingerprint density at radius 1 is 1.08 bits per heavy atom. The van der Waals surface area contributed by atoms with Crippen molar-refractivity contribution in [2.24, 2.45) is 0 Å². The Bertz CT molecular complexity index is 859. The van der Waals surface area contributed by atoms with Gasteiger partial charge in [0.1, 0.15) is 0 Å². The third-order valence-corrected chi connectivity index (χ3v) is 5.24. The maximum absolute atomic E-state index is 9.82. The van der Waals surface area contributed by atoms with Gasteiger partial charge in [-0.2, -0.15) is 0 Å². The van der Waals surface area contributed by atoms with Crippen LogP contribution in [0.2, 0.25) is 5.02 Å². The zero-order valence-corrected chi connectivity index (χ0v) is 14.9. The Hall–Kier alpha value is -2.04. The van der Waals surface area contributed by atoms with Crippen LogP contribution in [0.4, 0.5) is 5.95 Å². The average Bonchev–Trinajstić information content (AvgIpc) is 3.02. The molecule has 1 aliphatic rings. The van der Waals surface area contributed by atoms with Crippen LogP contribution in [0.25, 0.3) is 11.0 Å². The lowest BCUT2D eigenvalue weighted by atomic mass is 10.0. The minimum Gasteiger partial charge on any atom is -0.394 e. The van der Waals surface area contributed by atoms with E-state index in [4.69, 9.17) is 16.6 Å². The average molecular weight is 356 g/mol. The summed E-state index contributed by atoms with van der Waals surface area (Å²) in [7, 11) is 0. The lowest BCUT2D eigenvalue weighted by Crippen LogP contribution is -2.43. The lowest BCUT2D eigenvalue weighted by Gasteiger charge is -2.35. The minimum atomic E-state index is 0.148. The number of nitrogens with zero attached hydrogens (tertiary/aromatic N) is 3. The summed E-state index contributed by atoms with van der Waals surface area (Å²) in [6, 6.07) is 16.3. The van der Waals surface area contributed by atoms with Gasteiger partial charge >= 0.3 is 0 Å². The van der Waals surface area contributed by atoms with E-state index in [0.717, 1.165) is 47.9 Å². The number of hydrogen-bond acceptors (Lipinski definition) is 3. The van der Waals surface area contributed by atoms with Crippen LogP contribution in [0.3, 0.4) is 0 Å². The Kier molecular flexibility index (Phi) is 4.64. The van der Waals surface area contributed by atoms with Crippen molar-refractivity contribution < 1.29 is 5.11 Å². The Morgan fingerprint density at radius 3 is 2.68 bits per heavy atom. The van der Waals surface area contributed by atoms with Crippen molar-refractivity contribution >= 4 is 28.6 Å². The van der Waals surface area contributed by atoms with E-state index in [2.05, 4.69) is 33.7 Å². The van der Waals surface area contributed by atoms with Crippen molar-refractivity contribution in [2.75, 3.05) is 18.1 Å². The molecule has 0 spiro atoms. The van der Waals surface area contributed by atoms with Crippen LogP contribution in [0.1, 0.15) is 24.8 Å². The summed E-state index contributed by atoms with van der Waals surface area (Å²) in [6.07, 6.45) is 3.32. The van der Waals surface area contributed by atoms with Gasteiger partial charge in [-0.1, -0.05) is 35.9 Å². The fourth-order valence-corrected chi connectivity index (χ4v) is 3.79.